The van der Waals surface area contributed by atoms with Gasteiger partial charge in [-0.25, -0.2) is 4.79 Å². The van der Waals surface area contributed by atoms with Crippen LogP contribution in [0, 0.1) is 0 Å². The molecule has 1 aromatic rings. The summed E-state index contributed by atoms with van der Waals surface area (Å²) in [6.07, 6.45) is 0.942. The average molecular weight is 212 g/mol. The first-order valence-corrected chi connectivity index (χ1v) is 3.98. The summed E-state index contributed by atoms with van der Waals surface area (Å²) in [5, 5.41) is 8.45. The van der Waals surface area contributed by atoms with Crippen LogP contribution < -0.4 is 11.2 Å². The second-order valence-electron chi connectivity index (χ2n) is 2.88. The minimum absolute atomic E-state index is 0.240. The van der Waals surface area contributed by atoms with Gasteiger partial charge in [-0.2, -0.15) is 0 Å². The first kappa shape index (κ1) is 10.9. The Balaban J connectivity index is 3.36. The van der Waals surface area contributed by atoms with Crippen molar-refractivity contribution in [3.63, 3.8) is 0 Å². The lowest BCUT2D eigenvalue weighted by molar-refractivity contribution is -0.137. The van der Waals surface area contributed by atoms with Crippen molar-refractivity contribution in [2.75, 3.05) is 0 Å². The fourth-order valence-electron chi connectivity index (χ4n) is 1.02. The number of carbonyl (C=O) groups is 2. The van der Waals surface area contributed by atoms with Gasteiger partial charge >= 0.3 is 11.7 Å². The summed E-state index contributed by atoms with van der Waals surface area (Å²) in [4.78, 5) is 45.3. The minimum Gasteiger partial charge on any atom is -0.480 e. The Morgan fingerprint density at radius 2 is 2.07 bits per heavy atom. The van der Waals surface area contributed by atoms with Gasteiger partial charge in [-0.3, -0.25) is 23.9 Å². The monoisotopic (exact) mass is 212 g/mol. The molecule has 1 heterocycles. The van der Waals surface area contributed by atoms with Crippen LogP contribution in [0.1, 0.15) is 17.3 Å². The van der Waals surface area contributed by atoms with Crippen molar-refractivity contribution in [3.8, 4) is 0 Å². The largest absolute Gasteiger partial charge is 0.480 e. The molecule has 0 aliphatic heterocycles. The summed E-state index contributed by atoms with van der Waals surface area (Å²) in [5.74, 6) is -1.77. The van der Waals surface area contributed by atoms with Crippen LogP contribution in [0.25, 0.3) is 0 Å². The van der Waals surface area contributed by atoms with Crippen molar-refractivity contribution in [1.29, 1.82) is 0 Å². The molecule has 0 radical (unpaired) electrons. The quantitative estimate of drug-likeness (QED) is 0.613. The number of aromatic nitrogens is 2. The van der Waals surface area contributed by atoms with E-state index in [-0.39, 0.29) is 5.56 Å². The van der Waals surface area contributed by atoms with Gasteiger partial charge in [0.25, 0.3) is 5.56 Å². The number of rotatable bonds is 3. The second-order valence-corrected chi connectivity index (χ2v) is 2.88. The number of carbonyl (C=O) groups excluding carboxylic acids is 1. The number of Topliss-reactive ketones (excluding diaryl/α,β-unsaturated/α-hetero) is 1. The van der Waals surface area contributed by atoms with Crippen LogP contribution in [0.4, 0.5) is 0 Å². The highest BCUT2D eigenvalue weighted by Crippen LogP contribution is 1.89. The van der Waals surface area contributed by atoms with E-state index in [0.717, 1.165) is 17.7 Å². The molecule has 0 saturated carbocycles. The maximum atomic E-state index is 11.1. The van der Waals surface area contributed by atoms with E-state index in [0.29, 0.717) is 0 Å². The van der Waals surface area contributed by atoms with Gasteiger partial charge in [0.05, 0.1) is 5.56 Å². The highest BCUT2D eigenvalue weighted by atomic mass is 16.4. The van der Waals surface area contributed by atoms with E-state index < -0.39 is 29.5 Å². The van der Waals surface area contributed by atoms with Crippen molar-refractivity contribution < 1.29 is 14.7 Å². The Morgan fingerprint density at radius 1 is 1.47 bits per heavy atom. The SMILES string of the molecule is CC(=O)c1cn(CC(=O)O)c(=O)[nH]c1=O. The molecular weight excluding hydrogens is 204 g/mol. The Bertz CT molecular complexity index is 525. The predicted molar refractivity (Wildman–Crippen MR) is 49.0 cm³/mol. The molecular formula is C8H8N2O5. The summed E-state index contributed by atoms with van der Waals surface area (Å²) in [6.45, 7) is 0.552. The van der Waals surface area contributed by atoms with Gasteiger partial charge in [0.2, 0.25) is 0 Å². The van der Waals surface area contributed by atoms with Crippen LogP contribution in [0.3, 0.4) is 0 Å². The number of H-pyrrole nitrogens is 1. The fourth-order valence-corrected chi connectivity index (χ4v) is 1.02. The normalized spacial score (nSPS) is 9.93. The molecule has 1 aromatic heterocycles. The number of ketones is 1. The van der Waals surface area contributed by atoms with E-state index in [9.17, 15) is 19.2 Å². The third kappa shape index (κ3) is 2.39. The standard InChI is InChI=1S/C8H8N2O5/c1-4(11)5-2-10(3-6(12)13)8(15)9-7(5)14/h2H,3H2,1H3,(H,12,13)(H,9,14,15). The summed E-state index contributed by atoms with van der Waals surface area (Å²) in [7, 11) is 0. The van der Waals surface area contributed by atoms with E-state index in [1.807, 2.05) is 4.98 Å². The Kier molecular flexibility index (Phi) is 2.84. The van der Waals surface area contributed by atoms with Gasteiger partial charge in [0.15, 0.2) is 5.78 Å². The van der Waals surface area contributed by atoms with Crippen LogP contribution in [0.15, 0.2) is 15.8 Å². The zero-order chi connectivity index (χ0) is 11.6. The smallest absolute Gasteiger partial charge is 0.328 e. The first-order valence-electron chi connectivity index (χ1n) is 3.98. The van der Waals surface area contributed by atoms with E-state index >= 15 is 0 Å². The summed E-state index contributed by atoms with van der Waals surface area (Å²) in [6, 6.07) is 0. The molecule has 7 nitrogen and oxygen atoms in total. The minimum atomic E-state index is -1.24. The number of hydrogen-bond donors (Lipinski definition) is 2. The number of carboxylic acids is 1. The molecule has 15 heavy (non-hydrogen) atoms. The lowest BCUT2D eigenvalue weighted by Gasteiger charge is -2.02. The number of hydrogen-bond acceptors (Lipinski definition) is 4. The Hall–Kier alpha value is -2.18. The first-order chi connectivity index (χ1) is 6.91. The van der Waals surface area contributed by atoms with Crippen molar-refractivity contribution in [3.05, 3.63) is 32.6 Å². The fraction of sp³-hybridized carbons (Fsp3) is 0.250. The zero-order valence-corrected chi connectivity index (χ0v) is 7.81. The molecule has 0 spiro atoms. The lowest BCUT2D eigenvalue weighted by atomic mass is 10.2. The van der Waals surface area contributed by atoms with Crippen molar-refractivity contribution in [1.82, 2.24) is 9.55 Å². The van der Waals surface area contributed by atoms with Crippen LogP contribution >= 0.6 is 0 Å². The maximum absolute atomic E-state index is 11.1. The molecule has 0 bridgehead atoms. The van der Waals surface area contributed by atoms with E-state index in [1.54, 1.807) is 0 Å². The Labute approximate surface area is 83.0 Å². The van der Waals surface area contributed by atoms with Crippen molar-refractivity contribution in [2.45, 2.75) is 13.5 Å². The molecule has 0 fully saturated rings. The van der Waals surface area contributed by atoms with Crippen LogP contribution in [-0.2, 0) is 11.3 Å². The molecule has 0 aliphatic rings. The summed E-state index contributed by atoms with van der Waals surface area (Å²) >= 11 is 0. The van der Waals surface area contributed by atoms with E-state index in [4.69, 9.17) is 5.11 Å². The third-order valence-corrected chi connectivity index (χ3v) is 1.70. The molecule has 7 heteroatoms. The molecule has 0 amide bonds. The van der Waals surface area contributed by atoms with Crippen molar-refractivity contribution in [2.24, 2.45) is 0 Å². The number of nitrogens with one attached hydrogen (secondary N) is 1. The number of carboxylic acid groups (broad SMARTS) is 1. The Morgan fingerprint density at radius 3 is 2.53 bits per heavy atom. The van der Waals surface area contributed by atoms with Gasteiger partial charge in [-0.15, -0.1) is 0 Å². The number of aliphatic carboxylic acids is 1. The van der Waals surface area contributed by atoms with Gasteiger partial charge in [-0.05, 0) is 6.92 Å². The highest BCUT2D eigenvalue weighted by Gasteiger charge is 2.10. The highest BCUT2D eigenvalue weighted by molar-refractivity contribution is 5.93. The molecule has 0 saturated heterocycles. The topological polar surface area (TPSA) is 109 Å². The molecule has 0 aromatic carbocycles. The molecule has 2 N–H and O–H groups in total. The van der Waals surface area contributed by atoms with Crippen LogP contribution in [0.5, 0.6) is 0 Å². The second kappa shape index (κ2) is 3.91. The molecule has 0 atom stereocenters. The van der Waals surface area contributed by atoms with E-state index in [1.165, 1.54) is 0 Å². The van der Waals surface area contributed by atoms with Crippen LogP contribution in [-0.4, -0.2) is 26.4 Å². The molecule has 0 aliphatic carbocycles. The predicted octanol–water partition coefficient (Wildman–Crippen LogP) is -1.18. The number of aromatic amines is 1. The average Bonchev–Trinajstić information content (AvgIpc) is 2.08. The van der Waals surface area contributed by atoms with Gasteiger partial charge in [0, 0.05) is 6.20 Å². The maximum Gasteiger partial charge on any atom is 0.328 e. The van der Waals surface area contributed by atoms with Gasteiger partial charge < -0.3 is 5.11 Å². The lowest BCUT2D eigenvalue weighted by Crippen LogP contribution is -2.34. The third-order valence-electron chi connectivity index (χ3n) is 1.70. The summed E-state index contributed by atoms with van der Waals surface area (Å²) in [5.41, 5.74) is -1.91. The van der Waals surface area contributed by atoms with Gasteiger partial charge in [0.1, 0.15) is 6.54 Å². The molecule has 1 rings (SSSR count). The molecule has 80 valence electrons. The van der Waals surface area contributed by atoms with Gasteiger partial charge in [-0.1, -0.05) is 0 Å². The number of nitrogens with zero attached hydrogens (tertiary/aromatic N) is 1. The van der Waals surface area contributed by atoms with E-state index in [2.05, 4.69) is 0 Å². The zero-order valence-electron chi connectivity index (χ0n) is 7.81. The molecule has 0 unspecified atom stereocenters. The van der Waals surface area contributed by atoms with Crippen LogP contribution in [0.2, 0.25) is 0 Å². The van der Waals surface area contributed by atoms with Crippen molar-refractivity contribution >= 4 is 11.8 Å². The summed E-state index contributed by atoms with van der Waals surface area (Å²) < 4.78 is 0.750.